The Balaban J connectivity index is 2.75. The van der Waals surface area contributed by atoms with E-state index in [2.05, 4.69) is 5.10 Å². The first kappa shape index (κ1) is 11.0. The van der Waals surface area contributed by atoms with Gasteiger partial charge in [0, 0.05) is 10.6 Å². The van der Waals surface area contributed by atoms with Crippen molar-refractivity contribution in [3.63, 3.8) is 0 Å². The van der Waals surface area contributed by atoms with Crippen molar-refractivity contribution in [3.8, 4) is 0 Å². The summed E-state index contributed by atoms with van der Waals surface area (Å²) in [5.41, 5.74) is 0.658. The average molecular weight is 233 g/mol. The Morgan fingerprint density at radius 3 is 2.64 bits per heavy atom. The smallest absolute Gasteiger partial charge is 0.206 e. The quantitative estimate of drug-likeness (QED) is 0.629. The first-order chi connectivity index (χ1) is 6.49. The predicted octanol–water partition coefficient (Wildman–Crippen LogP) is 1.22. The summed E-state index contributed by atoms with van der Waals surface area (Å²) in [6.45, 7) is 0. The molecule has 0 aliphatic rings. The molecule has 0 heterocycles. The van der Waals surface area contributed by atoms with E-state index in [0.29, 0.717) is 10.6 Å². The van der Waals surface area contributed by atoms with Crippen LogP contribution in [0, 0.1) is 0 Å². The summed E-state index contributed by atoms with van der Waals surface area (Å²) in [5, 5.41) is 4.05. The molecule has 0 fully saturated rings. The normalized spacial score (nSPS) is 11.9. The number of benzene rings is 1. The molecular formula is C8H9ClN2O2S. The Hall–Kier alpha value is -1.07. The van der Waals surface area contributed by atoms with E-state index in [4.69, 9.17) is 11.6 Å². The highest BCUT2D eigenvalue weighted by atomic mass is 35.5. The highest BCUT2D eigenvalue weighted by molar-refractivity contribution is 7.88. The fourth-order valence-corrected chi connectivity index (χ4v) is 1.20. The lowest BCUT2D eigenvalue weighted by molar-refractivity contribution is 0.591. The first-order valence-corrected chi connectivity index (χ1v) is 6.00. The lowest BCUT2D eigenvalue weighted by Crippen LogP contribution is -2.15. The van der Waals surface area contributed by atoms with E-state index < -0.39 is 10.0 Å². The van der Waals surface area contributed by atoms with Gasteiger partial charge in [-0.15, -0.1) is 0 Å². The second-order valence-electron chi connectivity index (χ2n) is 2.64. The molecular weight excluding hydrogens is 224 g/mol. The van der Waals surface area contributed by atoms with Crippen molar-refractivity contribution in [1.82, 2.24) is 4.83 Å². The minimum atomic E-state index is -3.30. The van der Waals surface area contributed by atoms with E-state index in [1.54, 1.807) is 24.3 Å². The molecule has 0 aromatic heterocycles. The van der Waals surface area contributed by atoms with Crippen LogP contribution < -0.4 is 4.83 Å². The Morgan fingerprint density at radius 2 is 2.07 bits per heavy atom. The highest BCUT2D eigenvalue weighted by Crippen LogP contribution is 2.11. The van der Waals surface area contributed by atoms with Gasteiger partial charge in [0.2, 0.25) is 10.0 Å². The third-order valence-electron chi connectivity index (χ3n) is 1.33. The lowest BCUT2D eigenvalue weighted by atomic mass is 10.2. The van der Waals surface area contributed by atoms with Gasteiger partial charge in [-0.2, -0.15) is 5.10 Å². The maximum atomic E-state index is 10.6. The Bertz CT molecular complexity index is 442. The fourth-order valence-electron chi connectivity index (χ4n) is 0.771. The largest absolute Gasteiger partial charge is 0.244 e. The molecule has 1 N–H and O–H groups in total. The van der Waals surface area contributed by atoms with Crippen LogP contribution in [-0.4, -0.2) is 20.9 Å². The molecule has 6 heteroatoms. The van der Waals surface area contributed by atoms with Crippen molar-refractivity contribution < 1.29 is 8.42 Å². The summed E-state index contributed by atoms with van der Waals surface area (Å²) in [7, 11) is -3.30. The molecule has 0 spiro atoms. The van der Waals surface area contributed by atoms with E-state index in [-0.39, 0.29) is 0 Å². The zero-order chi connectivity index (χ0) is 10.6. The molecule has 14 heavy (non-hydrogen) atoms. The van der Waals surface area contributed by atoms with E-state index in [1.165, 1.54) is 6.21 Å². The van der Waals surface area contributed by atoms with E-state index >= 15 is 0 Å². The van der Waals surface area contributed by atoms with Crippen LogP contribution in [0.4, 0.5) is 0 Å². The molecule has 0 amide bonds. The second kappa shape index (κ2) is 4.43. The van der Waals surface area contributed by atoms with Gasteiger partial charge in [0.1, 0.15) is 0 Å². The monoisotopic (exact) mass is 232 g/mol. The van der Waals surface area contributed by atoms with Crippen LogP contribution in [0.2, 0.25) is 5.02 Å². The summed E-state index contributed by atoms with van der Waals surface area (Å²) >= 11 is 5.81. The number of rotatable bonds is 3. The number of nitrogens with one attached hydrogen (secondary N) is 1. The minimum absolute atomic E-state index is 0.520. The van der Waals surface area contributed by atoms with Crippen molar-refractivity contribution >= 4 is 27.8 Å². The topological polar surface area (TPSA) is 58.5 Å². The lowest BCUT2D eigenvalue weighted by Gasteiger charge is -1.96. The number of halogens is 1. The van der Waals surface area contributed by atoms with Crippen molar-refractivity contribution in [3.05, 3.63) is 34.9 Å². The van der Waals surface area contributed by atoms with Crippen LogP contribution in [0.1, 0.15) is 5.56 Å². The maximum absolute atomic E-state index is 10.6. The molecule has 0 saturated carbocycles. The summed E-state index contributed by atoms with van der Waals surface area (Å²) in [6.07, 6.45) is 2.38. The zero-order valence-corrected chi connectivity index (χ0v) is 9.01. The number of sulfonamides is 1. The predicted molar refractivity (Wildman–Crippen MR) is 57.0 cm³/mol. The zero-order valence-electron chi connectivity index (χ0n) is 7.44. The Kier molecular flexibility index (Phi) is 3.49. The van der Waals surface area contributed by atoms with Crippen LogP contribution in [0.3, 0.4) is 0 Å². The van der Waals surface area contributed by atoms with Crippen LogP contribution >= 0.6 is 11.6 Å². The van der Waals surface area contributed by atoms with E-state index in [9.17, 15) is 8.42 Å². The van der Waals surface area contributed by atoms with Crippen LogP contribution in [0.25, 0.3) is 0 Å². The van der Waals surface area contributed by atoms with Gasteiger partial charge in [-0.25, -0.2) is 13.2 Å². The van der Waals surface area contributed by atoms with Gasteiger partial charge in [0.25, 0.3) is 0 Å². The van der Waals surface area contributed by atoms with E-state index in [0.717, 1.165) is 6.26 Å². The SMILES string of the molecule is CS(=O)(=O)N/N=C\c1ccccc1Cl. The molecule has 0 saturated heterocycles. The van der Waals surface area contributed by atoms with Crippen molar-refractivity contribution in [2.24, 2.45) is 5.10 Å². The molecule has 0 radical (unpaired) electrons. The minimum Gasteiger partial charge on any atom is -0.206 e. The third kappa shape index (κ3) is 3.76. The second-order valence-corrected chi connectivity index (χ2v) is 4.78. The number of hydrogen-bond donors (Lipinski definition) is 1. The summed E-state index contributed by atoms with van der Waals surface area (Å²) in [5.74, 6) is 0. The molecule has 4 nitrogen and oxygen atoms in total. The molecule has 0 aliphatic carbocycles. The molecule has 76 valence electrons. The molecule has 1 aromatic carbocycles. The van der Waals surface area contributed by atoms with Crippen LogP contribution in [0.15, 0.2) is 29.4 Å². The number of hydrazone groups is 1. The van der Waals surface area contributed by atoms with Crippen molar-refractivity contribution in [1.29, 1.82) is 0 Å². The standard InChI is InChI=1S/C8H9ClN2O2S/c1-14(12,13)11-10-6-7-4-2-3-5-8(7)9/h2-6,11H,1H3/b10-6-. The summed E-state index contributed by atoms with van der Waals surface area (Å²) in [6, 6.07) is 7.00. The first-order valence-electron chi connectivity index (χ1n) is 3.73. The van der Waals surface area contributed by atoms with Gasteiger partial charge in [-0.1, -0.05) is 29.8 Å². The highest BCUT2D eigenvalue weighted by Gasteiger charge is 1.96. The Morgan fingerprint density at radius 1 is 1.43 bits per heavy atom. The van der Waals surface area contributed by atoms with Crippen LogP contribution in [-0.2, 0) is 10.0 Å². The Labute approximate surface area is 87.6 Å². The maximum Gasteiger partial charge on any atom is 0.244 e. The van der Waals surface area contributed by atoms with Gasteiger partial charge in [-0.05, 0) is 6.07 Å². The van der Waals surface area contributed by atoms with Gasteiger partial charge in [0.05, 0.1) is 12.5 Å². The van der Waals surface area contributed by atoms with Gasteiger partial charge in [-0.3, -0.25) is 0 Å². The molecule has 0 unspecified atom stereocenters. The summed E-state index contributed by atoms with van der Waals surface area (Å²) < 4.78 is 21.3. The number of hydrogen-bond acceptors (Lipinski definition) is 3. The fraction of sp³-hybridized carbons (Fsp3) is 0.125. The van der Waals surface area contributed by atoms with Gasteiger partial charge in [0.15, 0.2) is 0 Å². The van der Waals surface area contributed by atoms with Crippen molar-refractivity contribution in [2.45, 2.75) is 0 Å². The van der Waals surface area contributed by atoms with Crippen LogP contribution in [0.5, 0.6) is 0 Å². The average Bonchev–Trinajstić information content (AvgIpc) is 2.06. The third-order valence-corrected chi connectivity index (χ3v) is 2.11. The molecule has 1 rings (SSSR count). The molecule has 1 aromatic rings. The molecule has 0 aliphatic heterocycles. The number of nitrogens with zero attached hydrogens (tertiary/aromatic N) is 1. The molecule has 0 bridgehead atoms. The van der Waals surface area contributed by atoms with Crippen molar-refractivity contribution in [2.75, 3.05) is 6.26 Å². The van der Waals surface area contributed by atoms with E-state index in [1.807, 2.05) is 4.83 Å². The van der Waals surface area contributed by atoms with Gasteiger partial charge >= 0.3 is 0 Å². The van der Waals surface area contributed by atoms with Gasteiger partial charge < -0.3 is 0 Å². The summed E-state index contributed by atoms with van der Waals surface area (Å²) in [4.78, 5) is 1.98. The molecule has 0 atom stereocenters.